The molecule has 40 heavy (non-hydrogen) atoms. The van der Waals surface area contributed by atoms with Crippen LogP contribution < -0.4 is 5.56 Å². The SMILES string of the molecule is O=C(O)c1ccc2sc(C(Cc3ccccc3)n3cc(F)c(-c4cc(Cl)ccc4-n4cnnn4)cc3=O)nc2c1. The number of benzene rings is 3. The van der Waals surface area contributed by atoms with Gasteiger partial charge in [0.15, 0.2) is 0 Å². The van der Waals surface area contributed by atoms with Gasteiger partial charge < -0.3 is 9.67 Å². The Bertz CT molecular complexity index is 1920. The quantitative estimate of drug-likeness (QED) is 0.271. The van der Waals surface area contributed by atoms with Gasteiger partial charge in [-0.15, -0.1) is 16.4 Å². The number of carbonyl (C=O) groups is 1. The Hall–Kier alpha value is -4.74. The summed E-state index contributed by atoms with van der Waals surface area (Å²) in [5.74, 6) is -1.71. The number of rotatable bonds is 7. The van der Waals surface area contributed by atoms with Gasteiger partial charge in [-0.1, -0.05) is 41.9 Å². The molecule has 3 aromatic heterocycles. The second kappa shape index (κ2) is 10.4. The molecule has 0 aliphatic carbocycles. The van der Waals surface area contributed by atoms with Crippen LogP contribution in [0.25, 0.3) is 27.0 Å². The van der Waals surface area contributed by atoms with Crippen LogP contribution >= 0.6 is 22.9 Å². The normalized spacial score (nSPS) is 12.1. The maximum Gasteiger partial charge on any atom is 0.335 e. The van der Waals surface area contributed by atoms with E-state index < -0.39 is 23.4 Å². The zero-order chi connectivity index (χ0) is 27.8. The first-order chi connectivity index (χ1) is 19.4. The minimum atomic E-state index is -1.06. The number of nitrogens with zero attached hydrogens (tertiary/aromatic N) is 6. The summed E-state index contributed by atoms with van der Waals surface area (Å²) in [7, 11) is 0. The number of aromatic carboxylic acids is 1. The molecule has 6 rings (SSSR count). The molecule has 6 aromatic rings. The molecule has 0 bridgehead atoms. The summed E-state index contributed by atoms with van der Waals surface area (Å²) in [6.07, 6.45) is 2.90. The molecule has 12 heteroatoms. The van der Waals surface area contributed by atoms with Gasteiger partial charge in [-0.3, -0.25) is 4.79 Å². The van der Waals surface area contributed by atoms with Gasteiger partial charge >= 0.3 is 5.97 Å². The number of thiazole rings is 1. The first kappa shape index (κ1) is 25.5. The predicted molar refractivity (Wildman–Crippen MR) is 149 cm³/mol. The van der Waals surface area contributed by atoms with Crippen LogP contribution in [0.3, 0.4) is 0 Å². The largest absolute Gasteiger partial charge is 0.478 e. The number of hydrogen-bond donors (Lipinski definition) is 1. The summed E-state index contributed by atoms with van der Waals surface area (Å²) in [5.41, 5.74) is 1.91. The first-order valence-electron chi connectivity index (χ1n) is 12.0. The van der Waals surface area contributed by atoms with Gasteiger partial charge in [-0.2, -0.15) is 4.68 Å². The number of carboxylic acids is 1. The van der Waals surface area contributed by atoms with Crippen LogP contribution in [0.4, 0.5) is 4.39 Å². The fourth-order valence-electron chi connectivity index (χ4n) is 4.53. The number of carboxylic acid groups (broad SMARTS) is 1. The highest BCUT2D eigenvalue weighted by Crippen LogP contribution is 2.34. The van der Waals surface area contributed by atoms with Crippen LogP contribution in [0, 0.1) is 5.82 Å². The van der Waals surface area contributed by atoms with E-state index in [1.54, 1.807) is 24.3 Å². The topological polar surface area (TPSA) is 116 Å². The average Bonchev–Trinajstić information content (AvgIpc) is 3.63. The second-order valence-electron chi connectivity index (χ2n) is 8.94. The summed E-state index contributed by atoms with van der Waals surface area (Å²) < 4.78 is 19.3. The van der Waals surface area contributed by atoms with Crippen molar-refractivity contribution in [3.05, 3.63) is 123 Å². The lowest BCUT2D eigenvalue weighted by Gasteiger charge is -2.19. The molecule has 9 nitrogen and oxygen atoms in total. The number of tetrazole rings is 1. The van der Waals surface area contributed by atoms with E-state index in [0.717, 1.165) is 10.3 Å². The van der Waals surface area contributed by atoms with E-state index in [0.29, 0.717) is 33.2 Å². The highest BCUT2D eigenvalue weighted by Gasteiger charge is 2.23. The Balaban J connectivity index is 1.49. The van der Waals surface area contributed by atoms with Crippen molar-refractivity contribution in [1.29, 1.82) is 0 Å². The van der Waals surface area contributed by atoms with E-state index in [-0.39, 0.29) is 11.1 Å². The van der Waals surface area contributed by atoms with Gasteiger partial charge in [0, 0.05) is 28.4 Å². The summed E-state index contributed by atoms with van der Waals surface area (Å²) in [6.45, 7) is 0. The molecule has 198 valence electrons. The highest BCUT2D eigenvalue weighted by atomic mass is 35.5. The average molecular weight is 573 g/mol. The molecule has 0 fully saturated rings. The smallest absolute Gasteiger partial charge is 0.335 e. The standard InChI is InChI=1S/C28H18ClFN6O3S/c29-18-7-8-23(36-15-31-33-34-36)20(12-18)19-13-26(37)35(14-21(19)30)24(10-16-4-2-1-3-5-16)27-32-22-11-17(28(38)39)6-9-25(22)40-27/h1-9,11-15,24H,10H2,(H,38,39). The predicted octanol–water partition coefficient (Wildman–Crippen LogP) is 5.42. The van der Waals surface area contributed by atoms with Crippen molar-refractivity contribution in [3.8, 4) is 16.8 Å². The molecular weight excluding hydrogens is 555 g/mol. The van der Waals surface area contributed by atoms with E-state index in [2.05, 4.69) is 20.5 Å². The molecule has 0 spiro atoms. The Kier molecular flexibility index (Phi) is 6.66. The maximum atomic E-state index is 15.9. The van der Waals surface area contributed by atoms with Crippen molar-refractivity contribution < 1.29 is 14.3 Å². The minimum absolute atomic E-state index is 0.0445. The molecule has 0 radical (unpaired) electrons. The van der Waals surface area contributed by atoms with Crippen LogP contribution in [0.5, 0.6) is 0 Å². The van der Waals surface area contributed by atoms with Crippen LogP contribution in [0.15, 0.2) is 90.1 Å². The van der Waals surface area contributed by atoms with Gasteiger partial charge in [0.2, 0.25) is 0 Å². The third kappa shape index (κ3) is 4.88. The maximum absolute atomic E-state index is 15.9. The zero-order valence-corrected chi connectivity index (χ0v) is 22.1. The van der Waals surface area contributed by atoms with E-state index in [1.165, 1.54) is 51.3 Å². The highest BCUT2D eigenvalue weighted by molar-refractivity contribution is 7.18. The minimum Gasteiger partial charge on any atom is -0.478 e. The van der Waals surface area contributed by atoms with E-state index in [1.807, 2.05) is 30.3 Å². The lowest BCUT2D eigenvalue weighted by atomic mass is 10.0. The monoisotopic (exact) mass is 572 g/mol. The summed E-state index contributed by atoms with van der Waals surface area (Å²) in [4.78, 5) is 29.8. The molecular formula is C28H18ClFN6O3S. The molecule has 0 saturated carbocycles. The molecule has 1 unspecified atom stereocenters. The van der Waals surface area contributed by atoms with Crippen molar-refractivity contribution in [1.82, 2.24) is 29.8 Å². The molecule has 0 aliphatic rings. The van der Waals surface area contributed by atoms with Crippen molar-refractivity contribution in [2.75, 3.05) is 0 Å². The third-order valence-corrected chi connectivity index (χ3v) is 7.79. The molecule has 3 aromatic carbocycles. The molecule has 0 saturated heterocycles. The van der Waals surface area contributed by atoms with Gasteiger partial charge in [-0.25, -0.2) is 14.2 Å². The Labute approximate surface area is 234 Å². The lowest BCUT2D eigenvalue weighted by Crippen LogP contribution is -2.27. The Morgan fingerprint density at radius 3 is 2.62 bits per heavy atom. The Morgan fingerprint density at radius 2 is 1.88 bits per heavy atom. The zero-order valence-electron chi connectivity index (χ0n) is 20.5. The number of aromatic nitrogens is 6. The van der Waals surface area contributed by atoms with Crippen LogP contribution in [-0.2, 0) is 6.42 Å². The lowest BCUT2D eigenvalue weighted by molar-refractivity contribution is 0.0697. The summed E-state index contributed by atoms with van der Waals surface area (Å²) in [5, 5.41) is 21.5. The molecule has 1 atom stereocenters. The van der Waals surface area contributed by atoms with Crippen LogP contribution in [0.1, 0.15) is 27.0 Å². The number of hydrogen-bond acceptors (Lipinski definition) is 7. The molecule has 3 heterocycles. The Morgan fingerprint density at radius 1 is 1.05 bits per heavy atom. The van der Waals surface area contributed by atoms with E-state index in [4.69, 9.17) is 11.6 Å². The van der Waals surface area contributed by atoms with Crippen molar-refractivity contribution in [3.63, 3.8) is 0 Å². The van der Waals surface area contributed by atoms with Crippen molar-refractivity contribution >= 4 is 39.1 Å². The third-order valence-electron chi connectivity index (χ3n) is 6.42. The van der Waals surface area contributed by atoms with Crippen molar-refractivity contribution in [2.24, 2.45) is 0 Å². The van der Waals surface area contributed by atoms with Gasteiger partial charge in [0.1, 0.15) is 17.2 Å². The number of pyridine rings is 1. The molecule has 0 aliphatic heterocycles. The first-order valence-corrected chi connectivity index (χ1v) is 13.2. The van der Waals surface area contributed by atoms with Gasteiger partial charge in [0.25, 0.3) is 5.56 Å². The van der Waals surface area contributed by atoms with Gasteiger partial charge in [0.05, 0.1) is 27.5 Å². The number of fused-ring (bicyclic) bond motifs is 1. The number of halogens is 2. The van der Waals surface area contributed by atoms with E-state index in [9.17, 15) is 14.7 Å². The fraction of sp³-hybridized carbons (Fsp3) is 0.0714. The molecule has 0 amide bonds. The summed E-state index contributed by atoms with van der Waals surface area (Å²) >= 11 is 7.56. The molecule has 1 N–H and O–H groups in total. The van der Waals surface area contributed by atoms with Crippen molar-refractivity contribution in [2.45, 2.75) is 12.5 Å². The second-order valence-corrected chi connectivity index (χ2v) is 10.4. The van der Waals surface area contributed by atoms with Crippen LogP contribution in [0.2, 0.25) is 5.02 Å². The fourth-order valence-corrected chi connectivity index (χ4v) is 5.75. The van der Waals surface area contributed by atoms with Gasteiger partial charge in [-0.05, 0) is 58.8 Å². The van der Waals surface area contributed by atoms with E-state index >= 15 is 4.39 Å². The van der Waals surface area contributed by atoms with Crippen LogP contribution in [-0.4, -0.2) is 40.8 Å². The summed E-state index contributed by atoms with van der Waals surface area (Å²) in [6, 6.07) is 19.6.